The van der Waals surface area contributed by atoms with Gasteiger partial charge in [0.1, 0.15) is 0 Å². The molecule has 13 rings (SSSR count). The summed E-state index contributed by atoms with van der Waals surface area (Å²) in [6.45, 7) is 9.54. The zero-order valence-corrected chi connectivity index (χ0v) is 35.6. The van der Waals surface area contributed by atoms with Gasteiger partial charge in [0, 0.05) is 16.7 Å². The van der Waals surface area contributed by atoms with Crippen molar-refractivity contribution in [3.8, 4) is 55.6 Å². The SMILES string of the molecule is CC1(C)c2ccccc2-c2ccc(C(c3ccc(-c4cccc5c4-c4ccccc4C5(C)C)cc3)c3cccc4c3-c3ccccc3C43c4ccccc4-c4ccccc43)cc21. The zero-order chi connectivity index (χ0) is 41.5. The first-order chi connectivity index (χ1) is 30.3. The van der Waals surface area contributed by atoms with Gasteiger partial charge in [0.15, 0.2) is 0 Å². The minimum Gasteiger partial charge on any atom is -0.0619 e. The fourth-order valence-corrected chi connectivity index (χ4v) is 12.7. The van der Waals surface area contributed by atoms with E-state index in [1.54, 1.807) is 0 Å². The smallest absolute Gasteiger partial charge is 0.0619 e. The minimum absolute atomic E-state index is 0.0138. The summed E-state index contributed by atoms with van der Waals surface area (Å²) in [5.41, 5.74) is 27.9. The highest BCUT2D eigenvalue weighted by atomic mass is 14.5. The van der Waals surface area contributed by atoms with Crippen LogP contribution in [0.15, 0.2) is 200 Å². The van der Waals surface area contributed by atoms with Crippen molar-refractivity contribution >= 4 is 0 Å². The first kappa shape index (κ1) is 35.7. The highest BCUT2D eigenvalue weighted by molar-refractivity contribution is 5.97. The van der Waals surface area contributed by atoms with Gasteiger partial charge in [0.25, 0.3) is 0 Å². The number of benzene rings is 9. The Kier molecular flexibility index (Phi) is 7.21. The van der Waals surface area contributed by atoms with Crippen LogP contribution in [0.4, 0.5) is 0 Å². The molecule has 4 aliphatic rings. The molecule has 0 heteroatoms. The highest BCUT2D eigenvalue weighted by Gasteiger charge is 2.52. The van der Waals surface area contributed by atoms with E-state index in [9.17, 15) is 0 Å². The molecule has 0 amide bonds. The summed E-state index contributed by atoms with van der Waals surface area (Å²) in [6.07, 6.45) is 0. The molecule has 294 valence electrons. The van der Waals surface area contributed by atoms with Crippen molar-refractivity contribution in [3.05, 3.63) is 261 Å². The van der Waals surface area contributed by atoms with Crippen molar-refractivity contribution in [3.63, 3.8) is 0 Å². The van der Waals surface area contributed by atoms with Crippen molar-refractivity contribution in [2.24, 2.45) is 0 Å². The summed E-state index contributed by atoms with van der Waals surface area (Å²) in [6, 6.07) is 76.6. The first-order valence-corrected chi connectivity index (χ1v) is 22.3. The fraction of sp³-hybridized carbons (Fsp3) is 0.129. The molecule has 1 atom stereocenters. The fourth-order valence-electron chi connectivity index (χ4n) is 12.7. The van der Waals surface area contributed by atoms with E-state index in [0.717, 1.165) is 0 Å². The number of rotatable bonds is 4. The third kappa shape index (κ3) is 4.47. The van der Waals surface area contributed by atoms with Crippen molar-refractivity contribution < 1.29 is 0 Å². The topological polar surface area (TPSA) is 0 Å². The summed E-state index contributed by atoms with van der Waals surface area (Å²) in [7, 11) is 0. The van der Waals surface area contributed by atoms with Crippen LogP contribution in [0.2, 0.25) is 0 Å². The average molecular weight is 791 g/mol. The average Bonchev–Trinajstić information content (AvgIpc) is 3.95. The van der Waals surface area contributed by atoms with Gasteiger partial charge < -0.3 is 0 Å². The van der Waals surface area contributed by atoms with E-state index in [-0.39, 0.29) is 16.7 Å². The molecule has 4 aliphatic carbocycles. The number of hydrogen-bond acceptors (Lipinski definition) is 0. The summed E-state index contributed by atoms with van der Waals surface area (Å²) in [5.74, 6) is -0.0138. The molecule has 0 saturated carbocycles. The zero-order valence-electron chi connectivity index (χ0n) is 35.6. The Labute approximate surface area is 365 Å². The molecular weight excluding hydrogens is 745 g/mol. The Morgan fingerprint density at radius 3 is 1.35 bits per heavy atom. The maximum atomic E-state index is 2.55. The minimum atomic E-state index is -0.400. The third-order valence-electron chi connectivity index (χ3n) is 15.5. The molecule has 0 aromatic heterocycles. The molecule has 62 heavy (non-hydrogen) atoms. The van der Waals surface area contributed by atoms with Crippen LogP contribution in [0.25, 0.3) is 55.6 Å². The summed E-state index contributed by atoms with van der Waals surface area (Å²) < 4.78 is 0. The maximum Gasteiger partial charge on any atom is 0.0725 e. The van der Waals surface area contributed by atoms with Crippen LogP contribution in [-0.4, -0.2) is 0 Å². The quantitative estimate of drug-likeness (QED) is 0.156. The predicted molar refractivity (Wildman–Crippen MR) is 257 cm³/mol. The molecule has 0 bridgehead atoms. The summed E-state index contributed by atoms with van der Waals surface area (Å²) in [4.78, 5) is 0. The van der Waals surface area contributed by atoms with Crippen molar-refractivity contribution in [2.45, 2.75) is 49.9 Å². The molecular formula is C62H46. The van der Waals surface area contributed by atoms with Gasteiger partial charge in [0.05, 0.1) is 5.41 Å². The van der Waals surface area contributed by atoms with Crippen molar-refractivity contribution in [1.29, 1.82) is 0 Å². The Morgan fingerprint density at radius 1 is 0.290 bits per heavy atom. The third-order valence-corrected chi connectivity index (χ3v) is 15.5. The normalized spacial score (nSPS) is 16.1. The summed E-state index contributed by atoms with van der Waals surface area (Å²) in [5, 5.41) is 0. The molecule has 0 heterocycles. The van der Waals surface area contributed by atoms with E-state index in [2.05, 4.69) is 228 Å². The number of fused-ring (bicyclic) bond motifs is 16. The van der Waals surface area contributed by atoms with E-state index in [1.165, 1.54) is 117 Å². The van der Waals surface area contributed by atoms with E-state index >= 15 is 0 Å². The van der Waals surface area contributed by atoms with E-state index in [4.69, 9.17) is 0 Å². The Morgan fingerprint density at radius 2 is 0.710 bits per heavy atom. The lowest BCUT2D eigenvalue weighted by atomic mass is 9.70. The van der Waals surface area contributed by atoms with Crippen LogP contribution < -0.4 is 0 Å². The second-order valence-corrected chi connectivity index (χ2v) is 19.1. The lowest BCUT2D eigenvalue weighted by Gasteiger charge is -2.31. The van der Waals surface area contributed by atoms with Crippen LogP contribution in [0.1, 0.15) is 94.8 Å². The molecule has 0 nitrogen and oxygen atoms in total. The lowest BCUT2D eigenvalue weighted by molar-refractivity contribution is 0.659. The Hall–Kier alpha value is -7.02. The lowest BCUT2D eigenvalue weighted by Crippen LogP contribution is -2.25. The van der Waals surface area contributed by atoms with E-state index in [0.29, 0.717) is 0 Å². The van der Waals surface area contributed by atoms with Crippen LogP contribution in [0, 0.1) is 0 Å². The predicted octanol–water partition coefficient (Wildman–Crippen LogP) is 15.5. The molecule has 0 fully saturated rings. The first-order valence-electron chi connectivity index (χ1n) is 22.3. The van der Waals surface area contributed by atoms with Gasteiger partial charge in [-0.3, -0.25) is 0 Å². The van der Waals surface area contributed by atoms with E-state index in [1.807, 2.05) is 0 Å². The van der Waals surface area contributed by atoms with Gasteiger partial charge in [-0.2, -0.15) is 0 Å². The maximum absolute atomic E-state index is 2.55. The second-order valence-electron chi connectivity index (χ2n) is 19.1. The monoisotopic (exact) mass is 790 g/mol. The summed E-state index contributed by atoms with van der Waals surface area (Å²) >= 11 is 0. The number of hydrogen-bond donors (Lipinski definition) is 0. The van der Waals surface area contributed by atoms with Crippen LogP contribution >= 0.6 is 0 Å². The molecule has 0 N–H and O–H groups in total. The van der Waals surface area contributed by atoms with Gasteiger partial charge in [-0.05, 0) is 117 Å². The molecule has 1 spiro atoms. The van der Waals surface area contributed by atoms with Gasteiger partial charge in [-0.15, -0.1) is 0 Å². The molecule has 9 aromatic rings. The van der Waals surface area contributed by atoms with Gasteiger partial charge >= 0.3 is 0 Å². The molecule has 0 radical (unpaired) electrons. The van der Waals surface area contributed by atoms with Gasteiger partial charge in [-0.25, -0.2) is 0 Å². The van der Waals surface area contributed by atoms with Crippen LogP contribution in [0.3, 0.4) is 0 Å². The van der Waals surface area contributed by atoms with Crippen molar-refractivity contribution in [2.75, 3.05) is 0 Å². The molecule has 9 aromatic carbocycles. The van der Waals surface area contributed by atoms with Crippen LogP contribution in [0.5, 0.6) is 0 Å². The largest absolute Gasteiger partial charge is 0.0725 e. The molecule has 1 unspecified atom stereocenters. The standard InChI is InChI=1S/C62H46/c1-60(2)50-25-11-8-20-46(50)58-41(22-15-29-54(58)60)38-31-33-39(34-32-38)57(40-35-36-45-42-17-5-10-24-49(42)61(3,4)56(45)37-40)48-23-16-30-55-59(48)47-21-9-14-28-53(47)62(55)51-26-12-6-18-43(51)44-19-7-13-27-52(44)62/h5-37,57H,1-4H3. The highest BCUT2D eigenvalue weighted by Crippen LogP contribution is 2.64. The van der Waals surface area contributed by atoms with Crippen molar-refractivity contribution in [1.82, 2.24) is 0 Å². The van der Waals surface area contributed by atoms with Gasteiger partial charge in [0.2, 0.25) is 0 Å². The Bertz CT molecular complexity index is 3310. The second kappa shape index (κ2) is 12.5. The molecule has 0 aliphatic heterocycles. The molecule has 0 saturated heterocycles. The van der Waals surface area contributed by atoms with Gasteiger partial charge in [-0.1, -0.05) is 228 Å². The van der Waals surface area contributed by atoms with Crippen LogP contribution in [-0.2, 0) is 16.2 Å². The van der Waals surface area contributed by atoms with E-state index < -0.39 is 5.41 Å². The Balaban J connectivity index is 1.05.